The second kappa shape index (κ2) is 6.89. The van der Waals surface area contributed by atoms with E-state index in [1.807, 2.05) is 13.8 Å². The highest BCUT2D eigenvalue weighted by molar-refractivity contribution is 5.87. The van der Waals surface area contributed by atoms with E-state index in [1.165, 1.54) is 18.2 Å². The Kier molecular flexibility index (Phi) is 4.65. The Hall–Kier alpha value is -2.95. The van der Waals surface area contributed by atoms with Crippen LogP contribution in [0.4, 0.5) is 0 Å². The fourth-order valence-corrected chi connectivity index (χ4v) is 2.67. The van der Waals surface area contributed by atoms with Crippen molar-refractivity contribution in [3.63, 3.8) is 0 Å². The molecule has 5 heteroatoms. The van der Waals surface area contributed by atoms with Crippen molar-refractivity contribution in [3.8, 4) is 28.6 Å². The van der Waals surface area contributed by atoms with E-state index in [0.717, 1.165) is 18.4 Å². The van der Waals surface area contributed by atoms with E-state index in [2.05, 4.69) is 0 Å². The molecule has 5 nitrogen and oxygen atoms in total. The maximum atomic E-state index is 12.9. The molecule has 3 rings (SSSR count). The quantitative estimate of drug-likeness (QED) is 0.675. The molecule has 0 saturated carbocycles. The first kappa shape index (κ1) is 16.9. The number of hydrogen-bond donors (Lipinski definition) is 2. The molecular weight excluding hydrogens is 320 g/mol. The molecule has 0 spiro atoms. The molecule has 0 bridgehead atoms. The number of aryl methyl sites for hydroxylation is 1. The van der Waals surface area contributed by atoms with Crippen molar-refractivity contribution in [3.05, 3.63) is 52.2 Å². The van der Waals surface area contributed by atoms with Crippen LogP contribution < -0.4 is 10.2 Å². The molecule has 130 valence electrons. The van der Waals surface area contributed by atoms with Gasteiger partial charge in [-0.2, -0.15) is 0 Å². The molecule has 1 aromatic heterocycles. The summed E-state index contributed by atoms with van der Waals surface area (Å²) in [5.41, 5.74) is 1.29. The van der Waals surface area contributed by atoms with Gasteiger partial charge in [0.2, 0.25) is 11.2 Å². The van der Waals surface area contributed by atoms with Gasteiger partial charge in [-0.05, 0) is 55.3 Å². The molecule has 0 saturated heterocycles. The van der Waals surface area contributed by atoms with Gasteiger partial charge >= 0.3 is 0 Å². The van der Waals surface area contributed by atoms with Crippen molar-refractivity contribution in [2.45, 2.75) is 26.7 Å². The topological polar surface area (TPSA) is 79.9 Å². The van der Waals surface area contributed by atoms with Crippen molar-refractivity contribution in [1.82, 2.24) is 0 Å². The third kappa shape index (κ3) is 3.31. The number of rotatable bonds is 5. The van der Waals surface area contributed by atoms with E-state index in [0.29, 0.717) is 23.5 Å². The lowest BCUT2D eigenvalue weighted by atomic mass is 10.1. The second-order valence-electron chi connectivity index (χ2n) is 6.00. The normalized spacial score (nSPS) is 11.0. The van der Waals surface area contributed by atoms with Crippen LogP contribution in [0, 0.1) is 6.92 Å². The molecule has 2 aromatic carbocycles. The van der Waals surface area contributed by atoms with Crippen LogP contribution in [0.5, 0.6) is 17.2 Å². The minimum Gasteiger partial charge on any atom is -0.508 e. The average Bonchev–Trinajstić information content (AvgIpc) is 2.57. The molecular formula is C20H20O5. The smallest absolute Gasteiger partial charge is 0.239 e. The molecule has 1 heterocycles. The van der Waals surface area contributed by atoms with Crippen LogP contribution in [-0.4, -0.2) is 16.8 Å². The van der Waals surface area contributed by atoms with E-state index in [-0.39, 0.29) is 22.6 Å². The average molecular weight is 340 g/mol. The first-order valence-electron chi connectivity index (χ1n) is 8.24. The largest absolute Gasteiger partial charge is 0.508 e. The molecule has 0 radical (unpaired) electrons. The number of phenols is 2. The maximum absolute atomic E-state index is 12.9. The molecule has 0 amide bonds. The number of ether oxygens (including phenoxy) is 1. The summed E-state index contributed by atoms with van der Waals surface area (Å²) in [5, 5.41) is 19.8. The Morgan fingerprint density at radius 1 is 1.12 bits per heavy atom. The Bertz CT molecular complexity index is 954. The van der Waals surface area contributed by atoms with Crippen molar-refractivity contribution < 1.29 is 19.4 Å². The summed E-state index contributed by atoms with van der Waals surface area (Å²) in [6, 6.07) is 9.57. The summed E-state index contributed by atoms with van der Waals surface area (Å²) in [6.07, 6.45) is 1.73. The number of unbranched alkanes of at least 4 members (excludes halogenated alkanes) is 1. The third-order valence-corrected chi connectivity index (χ3v) is 3.95. The Morgan fingerprint density at radius 3 is 2.52 bits per heavy atom. The number of benzene rings is 2. The van der Waals surface area contributed by atoms with E-state index in [9.17, 15) is 15.0 Å². The van der Waals surface area contributed by atoms with Gasteiger partial charge in [-0.15, -0.1) is 0 Å². The zero-order valence-corrected chi connectivity index (χ0v) is 14.2. The zero-order chi connectivity index (χ0) is 18.0. The van der Waals surface area contributed by atoms with Crippen LogP contribution in [0.1, 0.15) is 25.3 Å². The molecule has 0 unspecified atom stereocenters. The second-order valence-corrected chi connectivity index (χ2v) is 6.00. The Labute approximate surface area is 145 Å². The van der Waals surface area contributed by atoms with E-state index < -0.39 is 5.43 Å². The lowest BCUT2D eigenvalue weighted by molar-refractivity contribution is 0.301. The van der Waals surface area contributed by atoms with Crippen LogP contribution >= 0.6 is 0 Å². The van der Waals surface area contributed by atoms with Crippen LogP contribution in [0.25, 0.3) is 22.3 Å². The lowest BCUT2D eigenvalue weighted by Crippen LogP contribution is -2.11. The van der Waals surface area contributed by atoms with Crippen molar-refractivity contribution in [2.24, 2.45) is 0 Å². The van der Waals surface area contributed by atoms with Crippen LogP contribution in [0.2, 0.25) is 0 Å². The summed E-state index contributed by atoms with van der Waals surface area (Å²) in [5.74, 6) is 0.361. The summed E-state index contributed by atoms with van der Waals surface area (Å²) >= 11 is 0. The number of hydrogen-bond acceptors (Lipinski definition) is 5. The highest BCUT2D eigenvalue weighted by Gasteiger charge is 2.20. The Balaban J connectivity index is 2.26. The minimum atomic E-state index is -0.405. The van der Waals surface area contributed by atoms with Crippen LogP contribution in [0.3, 0.4) is 0 Å². The molecule has 0 aliphatic carbocycles. The van der Waals surface area contributed by atoms with Gasteiger partial charge in [-0.3, -0.25) is 4.79 Å². The van der Waals surface area contributed by atoms with Gasteiger partial charge in [0.05, 0.1) is 6.61 Å². The van der Waals surface area contributed by atoms with Crippen molar-refractivity contribution in [1.29, 1.82) is 0 Å². The monoisotopic (exact) mass is 340 g/mol. The third-order valence-electron chi connectivity index (χ3n) is 3.95. The summed E-state index contributed by atoms with van der Waals surface area (Å²) < 4.78 is 11.6. The van der Waals surface area contributed by atoms with Crippen molar-refractivity contribution in [2.75, 3.05) is 6.61 Å². The van der Waals surface area contributed by atoms with Gasteiger partial charge in [-0.25, -0.2) is 0 Å². The standard InChI is InChI=1S/C20H20O5/c1-3-4-9-24-20-18(23)17-15(22)10-12(2)11-16(17)25-19(20)13-5-7-14(21)8-6-13/h5-8,10-11,21-22H,3-4,9H2,1-2H3. The van der Waals surface area contributed by atoms with Crippen molar-refractivity contribution >= 4 is 11.0 Å². The summed E-state index contributed by atoms with van der Waals surface area (Å²) in [6.45, 7) is 4.22. The van der Waals surface area contributed by atoms with E-state index in [4.69, 9.17) is 9.15 Å². The Morgan fingerprint density at radius 2 is 1.84 bits per heavy atom. The zero-order valence-electron chi connectivity index (χ0n) is 14.2. The fraction of sp³-hybridized carbons (Fsp3) is 0.250. The highest BCUT2D eigenvalue weighted by atomic mass is 16.5. The molecule has 0 aliphatic heterocycles. The van der Waals surface area contributed by atoms with Crippen LogP contribution in [0.15, 0.2) is 45.6 Å². The highest BCUT2D eigenvalue weighted by Crippen LogP contribution is 2.34. The summed E-state index contributed by atoms with van der Waals surface area (Å²) in [7, 11) is 0. The molecule has 2 N–H and O–H groups in total. The van der Waals surface area contributed by atoms with E-state index in [1.54, 1.807) is 18.2 Å². The minimum absolute atomic E-state index is 0.0748. The number of phenolic OH excluding ortho intramolecular Hbond substituents is 2. The number of aromatic hydroxyl groups is 2. The first-order chi connectivity index (χ1) is 12.0. The molecule has 3 aromatic rings. The van der Waals surface area contributed by atoms with Crippen LogP contribution in [-0.2, 0) is 0 Å². The van der Waals surface area contributed by atoms with Gasteiger partial charge in [0.15, 0.2) is 5.76 Å². The summed E-state index contributed by atoms with van der Waals surface area (Å²) in [4.78, 5) is 12.9. The van der Waals surface area contributed by atoms with Gasteiger partial charge in [0.1, 0.15) is 22.5 Å². The van der Waals surface area contributed by atoms with Gasteiger partial charge in [0, 0.05) is 5.56 Å². The van der Waals surface area contributed by atoms with Gasteiger partial charge < -0.3 is 19.4 Å². The predicted octanol–water partition coefficient (Wildman–Crippen LogP) is 4.36. The molecule has 0 fully saturated rings. The fourth-order valence-electron chi connectivity index (χ4n) is 2.67. The molecule has 0 atom stereocenters. The first-order valence-corrected chi connectivity index (χ1v) is 8.24. The molecule has 0 aliphatic rings. The molecule has 25 heavy (non-hydrogen) atoms. The van der Waals surface area contributed by atoms with Gasteiger partial charge in [0.25, 0.3) is 0 Å². The van der Waals surface area contributed by atoms with E-state index >= 15 is 0 Å². The predicted molar refractivity (Wildman–Crippen MR) is 96.4 cm³/mol. The SMILES string of the molecule is CCCCOc1c(-c2ccc(O)cc2)oc2cc(C)cc(O)c2c1=O. The van der Waals surface area contributed by atoms with Gasteiger partial charge in [-0.1, -0.05) is 13.3 Å². The number of fused-ring (bicyclic) bond motifs is 1. The maximum Gasteiger partial charge on any atom is 0.239 e. The lowest BCUT2D eigenvalue weighted by Gasteiger charge is -2.12.